The summed E-state index contributed by atoms with van der Waals surface area (Å²) in [5.74, 6) is -0.348. The number of aliphatic hydroxyl groups excluding tert-OH is 1. The van der Waals surface area contributed by atoms with Crippen LogP contribution in [0.3, 0.4) is 0 Å². The summed E-state index contributed by atoms with van der Waals surface area (Å²) in [6, 6.07) is 4.33. The van der Waals surface area contributed by atoms with Crippen LogP contribution in [0.2, 0.25) is 5.02 Å². The van der Waals surface area contributed by atoms with Gasteiger partial charge in [0.25, 0.3) is 0 Å². The second-order valence-corrected chi connectivity index (χ2v) is 4.42. The second kappa shape index (κ2) is 8.43. The van der Waals surface area contributed by atoms with Crippen molar-refractivity contribution in [3.05, 3.63) is 34.6 Å². The van der Waals surface area contributed by atoms with E-state index in [0.717, 1.165) is 0 Å². The van der Waals surface area contributed by atoms with Gasteiger partial charge in [-0.05, 0) is 30.2 Å². The zero-order valence-corrected chi connectivity index (χ0v) is 11.1. The number of aliphatic hydroxyl groups is 1. The quantitative estimate of drug-likeness (QED) is 0.741. The van der Waals surface area contributed by atoms with E-state index in [0.29, 0.717) is 36.8 Å². The number of hydrogen-bond donors (Lipinski definition) is 1. The van der Waals surface area contributed by atoms with Gasteiger partial charge >= 0.3 is 0 Å². The van der Waals surface area contributed by atoms with Crippen molar-refractivity contribution in [3.63, 3.8) is 0 Å². The van der Waals surface area contributed by atoms with E-state index in [1.807, 2.05) is 0 Å². The normalized spacial score (nSPS) is 12.7. The summed E-state index contributed by atoms with van der Waals surface area (Å²) in [6.45, 7) is 1.44. The summed E-state index contributed by atoms with van der Waals surface area (Å²) in [4.78, 5) is 0. The summed E-state index contributed by atoms with van der Waals surface area (Å²) in [7, 11) is 1.60. The van der Waals surface area contributed by atoms with Gasteiger partial charge in [0.2, 0.25) is 0 Å². The van der Waals surface area contributed by atoms with Crippen LogP contribution in [-0.4, -0.2) is 38.1 Å². The Morgan fingerprint density at radius 1 is 1.33 bits per heavy atom. The average molecular weight is 277 g/mol. The highest BCUT2D eigenvalue weighted by atomic mass is 35.5. The molecule has 0 aliphatic carbocycles. The predicted octanol–water partition coefficient (Wildman–Crippen LogP) is 2.44. The largest absolute Gasteiger partial charge is 0.393 e. The lowest BCUT2D eigenvalue weighted by atomic mass is 10.1. The Kier molecular flexibility index (Phi) is 7.20. The Morgan fingerprint density at radius 3 is 2.83 bits per heavy atom. The third-order valence-corrected chi connectivity index (χ3v) is 2.73. The molecule has 18 heavy (non-hydrogen) atoms. The first-order valence-electron chi connectivity index (χ1n) is 5.82. The average Bonchev–Trinajstić information content (AvgIpc) is 2.33. The van der Waals surface area contributed by atoms with Gasteiger partial charge in [-0.3, -0.25) is 0 Å². The van der Waals surface area contributed by atoms with Crippen molar-refractivity contribution in [1.29, 1.82) is 0 Å². The molecule has 0 radical (unpaired) electrons. The molecule has 0 spiro atoms. The van der Waals surface area contributed by atoms with Crippen molar-refractivity contribution in [2.75, 3.05) is 26.9 Å². The highest BCUT2D eigenvalue weighted by Crippen LogP contribution is 2.17. The van der Waals surface area contributed by atoms with Crippen LogP contribution in [0.15, 0.2) is 18.2 Å². The lowest BCUT2D eigenvalue weighted by Gasteiger charge is -2.11. The number of rotatable bonds is 8. The van der Waals surface area contributed by atoms with Crippen LogP contribution in [0.25, 0.3) is 0 Å². The monoisotopic (exact) mass is 276 g/mol. The molecule has 1 aromatic rings. The molecular weight excluding hydrogens is 259 g/mol. The van der Waals surface area contributed by atoms with Gasteiger partial charge in [-0.1, -0.05) is 11.6 Å². The van der Waals surface area contributed by atoms with Gasteiger partial charge in [-0.15, -0.1) is 0 Å². The first-order chi connectivity index (χ1) is 8.63. The Bertz CT molecular complexity index is 360. The molecular formula is C13H18ClFO3. The number of halogens is 2. The Labute approximate surface area is 111 Å². The summed E-state index contributed by atoms with van der Waals surface area (Å²) < 4.78 is 23.5. The molecule has 5 heteroatoms. The van der Waals surface area contributed by atoms with Crippen molar-refractivity contribution in [3.8, 4) is 0 Å². The predicted molar refractivity (Wildman–Crippen MR) is 68.4 cm³/mol. The standard InChI is InChI=1S/C13H18ClFO3/c1-17-6-7-18-5-4-12(16)9-10-8-11(14)2-3-13(10)15/h2-3,8,12,16H,4-7,9H2,1H3. The molecule has 1 rings (SSSR count). The van der Waals surface area contributed by atoms with Crippen LogP contribution in [0.4, 0.5) is 4.39 Å². The minimum absolute atomic E-state index is 0.236. The van der Waals surface area contributed by atoms with E-state index in [-0.39, 0.29) is 12.2 Å². The van der Waals surface area contributed by atoms with Gasteiger partial charge in [-0.25, -0.2) is 4.39 Å². The topological polar surface area (TPSA) is 38.7 Å². The molecule has 0 saturated heterocycles. The van der Waals surface area contributed by atoms with E-state index in [2.05, 4.69) is 0 Å². The maximum absolute atomic E-state index is 13.4. The lowest BCUT2D eigenvalue weighted by Crippen LogP contribution is -2.15. The molecule has 1 atom stereocenters. The molecule has 1 unspecified atom stereocenters. The summed E-state index contributed by atoms with van der Waals surface area (Å²) in [6.07, 6.45) is 0.0518. The van der Waals surface area contributed by atoms with Crippen LogP contribution >= 0.6 is 11.6 Å². The summed E-state index contributed by atoms with van der Waals surface area (Å²) in [5.41, 5.74) is 0.423. The van der Waals surface area contributed by atoms with Crippen molar-refractivity contribution in [2.24, 2.45) is 0 Å². The minimum Gasteiger partial charge on any atom is -0.393 e. The van der Waals surface area contributed by atoms with Crippen molar-refractivity contribution in [2.45, 2.75) is 18.9 Å². The molecule has 0 amide bonds. The van der Waals surface area contributed by atoms with Gasteiger partial charge in [0.15, 0.2) is 0 Å². The maximum atomic E-state index is 13.4. The maximum Gasteiger partial charge on any atom is 0.126 e. The van der Waals surface area contributed by atoms with E-state index in [1.165, 1.54) is 18.2 Å². The molecule has 102 valence electrons. The fourth-order valence-electron chi connectivity index (χ4n) is 1.52. The van der Waals surface area contributed by atoms with E-state index >= 15 is 0 Å². The lowest BCUT2D eigenvalue weighted by molar-refractivity contribution is 0.0477. The zero-order chi connectivity index (χ0) is 13.4. The highest BCUT2D eigenvalue weighted by molar-refractivity contribution is 6.30. The summed E-state index contributed by atoms with van der Waals surface area (Å²) >= 11 is 5.77. The van der Waals surface area contributed by atoms with Crippen LogP contribution in [-0.2, 0) is 15.9 Å². The zero-order valence-electron chi connectivity index (χ0n) is 10.4. The molecule has 1 aromatic carbocycles. The van der Waals surface area contributed by atoms with Crippen LogP contribution in [0, 0.1) is 5.82 Å². The molecule has 3 nitrogen and oxygen atoms in total. The highest BCUT2D eigenvalue weighted by Gasteiger charge is 2.10. The number of methoxy groups -OCH3 is 1. The van der Waals surface area contributed by atoms with Crippen molar-refractivity contribution in [1.82, 2.24) is 0 Å². The first kappa shape index (κ1) is 15.4. The van der Waals surface area contributed by atoms with Gasteiger partial charge < -0.3 is 14.6 Å². The first-order valence-corrected chi connectivity index (χ1v) is 6.20. The van der Waals surface area contributed by atoms with Crippen LogP contribution in [0.1, 0.15) is 12.0 Å². The molecule has 0 saturated carbocycles. The Balaban J connectivity index is 2.30. The van der Waals surface area contributed by atoms with Gasteiger partial charge in [-0.2, -0.15) is 0 Å². The smallest absolute Gasteiger partial charge is 0.126 e. The molecule has 0 aliphatic rings. The van der Waals surface area contributed by atoms with E-state index < -0.39 is 6.10 Å². The molecule has 0 bridgehead atoms. The van der Waals surface area contributed by atoms with E-state index in [9.17, 15) is 9.50 Å². The Hall–Kier alpha value is -0.680. The fraction of sp³-hybridized carbons (Fsp3) is 0.538. The third kappa shape index (κ3) is 5.78. The van der Waals surface area contributed by atoms with Crippen LogP contribution < -0.4 is 0 Å². The van der Waals surface area contributed by atoms with E-state index in [1.54, 1.807) is 7.11 Å². The van der Waals surface area contributed by atoms with Gasteiger partial charge in [0.1, 0.15) is 5.82 Å². The van der Waals surface area contributed by atoms with Crippen molar-refractivity contribution < 1.29 is 19.0 Å². The molecule has 0 fully saturated rings. The van der Waals surface area contributed by atoms with E-state index in [4.69, 9.17) is 21.1 Å². The molecule has 0 aromatic heterocycles. The summed E-state index contributed by atoms with van der Waals surface area (Å²) in [5, 5.41) is 10.2. The minimum atomic E-state index is -0.638. The van der Waals surface area contributed by atoms with Gasteiger partial charge in [0.05, 0.1) is 19.3 Å². The fourth-order valence-corrected chi connectivity index (χ4v) is 1.71. The number of ether oxygens (including phenoxy) is 2. The molecule has 0 heterocycles. The Morgan fingerprint density at radius 2 is 2.11 bits per heavy atom. The molecule has 1 N–H and O–H groups in total. The van der Waals surface area contributed by atoms with Crippen LogP contribution in [0.5, 0.6) is 0 Å². The SMILES string of the molecule is COCCOCCC(O)Cc1cc(Cl)ccc1F. The number of hydrogen-bond acceptors (Lipinski definition) is 3. The molecule has 0 aliphatic heterocycles. The van der Waals surface area contributed by atoms with Gasteiger partial charge in [0, 0.05) is 25.2 Å². The van der Waals surface area contributed by atoms with Crippen molar-refractivity contribution >= 4 is 11.6 Å². The number of benzene rings is 1. The second-order valence-electron chi connectivity index (χ2n) is 3.99. The third-order valence-electron chi connectivity index (χ3n) is 2.49.